The highest BCUT2D eigenvalue weighted by Gasteiger charge is 2.07. The van der Waals surface area contributed by atoms with Gasteiger partial charge in [0.05, 0.1) is 17.6 Å². The van der Waals surface area contributed by atoms with Crippen LogP contribution in [-0.4, -0.2) is 9.78 Å². The lowest BCUT2D eigenvalue weighted by molar-refractivity contribution is 0.507. The van der Waals surface area contributed by atoms with Crippen molar-refractivity contribution >= 4 is 10.8 Å². The van der Waals surface area contributed by atoms with Crippen LogP contribution in [0.5, 0.6) is 0 Å². The Hall–Kier alpha value is -1.71. The summed E-state index contributed by atoms with van der Waals surface area (Å²) >= 11 is 0. The number of hydrogen-bond acceptors (Lipinski definition) is 2. The van der Waals surface area contributed by atoms with Gasteiger partial charge < -0.3 is 0 Å². The Labute approximate surface area is 86.2 Å². The third-order valence-electron chi connectivity index (χ3n) is 2.26. The summed E-state index contributed by atoms with van der Waals surface area (Å²) in [4.78, 5) is 11.9. The Morgan fingerprint density at radius 1 is 1.40 bits per heavy atom. The van der Waals surface area contributed by atoms with E-state index < -0.39 is 5.82 Å². The third kappa shape index (κ3) is 1.63. The summed E-state index contributed by atoms with van der Waals surface area (Å²) in [6.45, 7) is 3.72. The maximum atomic E-state index is 13.0. The Balaban J connectivity index is 2.83. The van der Waals surface area contributed by atoms with Crippen LogP contribution in [0, 0.1) is 5.82 Å². The summed E-state index contributed by atoms with van der Waals surface area (Å²) in [5, 5.41) is 5.06. The van der Waals surface area contributed by atoms with Crippen LogP contribution in [0.2, 0.25) is 0 Å². The molecule has 1 heterocycles. The van der Waals surface area contributed by atoms with Crippen molar-refractivity contribution in [1.82, 2.24) is 9.78 Å². The lowest BCUT2D eigenvalue weighted by Gasteiger charge is -2.08. The SMILES string of the molecule is CC(C)n1ncc2ccc(F)cc2c1=O. The molecule has 0 aliphatic carbocycles. The number of aromatic nitrogens is 2. The fourth-order valence-electron chi connectivity index (χ4n) is 1.49. The molecule has 0 saturated carbocycles. The van der Waals surface area contributed by atoms with Crippen LogP contribution in [0.3, 0.4) is 0 Å². The van der Waals surface area contributed by atoms with Crippen molar-refractivity contribution in [3.8, 4) is 0 Å². The van der Waals surface area contributed by atoms with Crippen LogP contribution in [0.1, 0.15) is 19.9 Å². The monoisotopic (exact) mass is 206 g/mol. The molecule has 0 atom stereocenters. The normalized spacial score (nSPS) is 11.2. The minimum atomic E-state index is -0.402. The third-order valence-corrected chi connectivity index (χ3v) is 2.26. The summed E-state index contributed by atoms with van der Waals surface area (Å²) in [6.07, 6.45) is 1.58. The van der Waals surface area contributed by atoms with Crippen molar-refractivity contribution in [2.24, 2.45) is 0 Å². The molecule has 3 nitrogen and oxygen atoms in total. The molecule has 0 spiro atoms. The van der Waals surface area contributed by atoms with E-state index in [4.69, 9.17) is 0 Å². The molecule has 0 bridgehead atoms. The van der Waals surface area contributed by atoms with E-state index in [-0.39, 0.29) is 11.6 Å². The van der Waals surface area contributed by atoms with Crippen LogP contribution in [0.4, 0.5) is 4.39 Å². The molecule has 1 aromatic carbocycles. The van der Waals surface area contributed by atoms with E-state index in [1.54, 1.807) is 12.3 Å². The summed E-state index contributed by atoms with van der Waals surface area (Å²) in [5.74, 6) is -0.402. The summed E-state index contributed by atoms with van der Waals surface area (Å²) in [6, 6.07) is 4.11. The van der Waals surface area contributed by atoms with E-state index in [9.17, 15) is 9.18 Å². The zero-order valence-electron chi connectivity index (χ0n) is 8.57. The number of benzene rings is 1. The molecule has 0 unspecified atom stereocenters. The molecule has 0 N–H and O–H groups in total. The number of hydrogen-bond donors (Lipinski definition) is 0. The zero-order chi connectivity index (χ0) is 11.0. The van der Waals surface area contributed by atoms with Gasteiger partial charge >= 0.3 is 0 Å². The molecular formula is C11H11FN2O. The van der Waals surface area contributed by atoms with Crippen molar-refractivity contribution in [2.75, 3.05) is 0 Å². The van der Waals surface area contributed by atoms with Crippen molar-refractivity contribution < 1.29 is 4.39 Å². The highest BCUT2D eigenvalue weighted by atomic mass is 19.1. The van der Waals surface area contributed by atoms with Gasteiger partial charge in [0, 0.05) is 5.39 Å². The summed E-state index contributed by atoms with van der Waals surface area (Å²) in [7, 11) is 0. The smallest absolute Gasteiger partial charge is 0.267 e. The molecule has 4 heteroatoms. The lowest BCUT2D eigenvalue weighted by atomic mass is 10.2. The van der Waals surface area contributed by atoms with E-state index in [1.807, 2.05) is 13.8 Å². The van der Waals surface area contributed by atoms with Crippen molar-refractivity contribution in [3.63, 3.8) is 0 Å². The number of fused-ring (bicyclic) bond motifs is 1. The number of rotatable bonds is 1. The first-order chi connectivity index (χ1) is 7.09. The predicted molar refractivity (Wildman–Crippen MR) is 56.3 cm³/mol. The first-order valence-electron chi connectivity index (χ1n) is 4.76. The van der Waals surface area contributed by atoms with Gasteiger partial charge in [0.1, 0.15) is 5.82 Å². The highest BCUT2D eigenvalue weighted by Crippen LogP contribution is 2.11. The maximum Gasteiger partial charge on any atom is 0.274 e. The molecule has 2 rings (SSSR count). The average molecular weight is 206 g/mol. The van der Waals surface area contributed by atoms with Crippen LogP contribution in [-0.2, 0) is 0 Å². The van der Waals surface area contributed by atoms with Gasteiger partial charge in [0.2, 0.25) is 0 Å². The van der Waals surface area contributed by atoms with E-state index in [0.717, 1.165) is 0 Å². The van der Waals surface area contributed by atoms with Crippen LogP contribution in [0.15, 0.2) is 29.2 Å². The van der Waals surface area contributed by atoms with Gasteiger partial charge in [-0.3, -0.25) is 4.79 Å². The fourth-order valence-corrected chi connectivity index (χ4v) is 1.49. The van der Waals surface area contributed by atoms with Gasteiger partial charge in [-0.15, -0.1) is 0 Å². The summed E-state index contributed by atoms with van der Waals surface area (Å²) < 4.78 is 14.3. The second-order valence-electron chi connectivity index (χ2n) is 3.72. The van der Waals surface area contributed by atoms with Crippen LogP contribution in [0.25, 0.3) is 10.8 Å². The van der Waals surface area contributed by atoms with Gasteiger partial charge in [-0.1, -0.05) is 0 Å². The minimum absolute atomic E-state index is 0.0230. The second kappa shape index (κ2) is 3.46. The highest BCUT2D eigenvalue weighted by molar-refractivity contribution is 5.80. The molecule has 0 aliphatic heterocycles. The van der Waals surface area contributed by atoms with E-state index in [2.05, 4.69) is 5.10 Å². The number of nitrogens with zero attached hydrogens (tertiary/aromatic N) is 2. The Morgan fingerprint density at radius 2 is 2.13 bits per heavy atom. The molecule has 78 valence electrons. The predicted octanol–water partition coefficient (Wildman–Crippen LogP) is 2.12. The molecular weight excluding hydrogens is 195 g/mol. The van der Waals surface area contributed by atoms with E-state index >= 15 is 0 Å². The Bertz CT molecular complexity index is 560. The quantitative estimate of drug-likeness (QED) is 0.716. The Kier molecular flexibility index (Phi) is 2.26. The molecule has 0 amide bonds. The zero-order valence-corrected chi connectivity index (χ0v) is 8.57. The fraction of sp³-hybridized carbons (Fsp3) is 0.273. The van der Waals surface area contributed by atoms with Gasteiger partial charge in [0.25, 0.3) is 5.56 Å². The first kappa shape index (κ1) is 9.83. The second-order valence-corrected chi connectivity index (χ2v) is 3.72. The molecule has 1 aromatic heterocycles. The molecule has 0 saturated heterocycles. The van der Waals surface area contributed by atoms with Crippen molar-refractivity contribution in [2.45, 2.75) is 19.9 Å². The van der Waals surface area contributed by atoms with E-state index in [1.165, 1.54) is 16.8 Å². The molecule has 15 heavy (non-hydrogen) atoms. The largest absolute Gasteiger partial charge is 0.274 e. The standard InChI is InChI=1S/C11H11FN2O/c1-7(2)14-11(15)10-5-9(12)4-3-8(10)6-13-14/h3-7H,1-2H3. The number of halogens is 1. The molecule has 0 radical (unpaired) electrons. The topological polar surface area (TPSA) is 34.9 Å². The van der Waals surface area contributed by atoms with Crippen LogP contribution >= 0.6 is 0 Å². The van der Waals surface area contributed by atoms with E-state index in [0.29, 0.717) is 10.8 Å². The maximum absolute atomic E-state index is 13.0. The minimum Gasteiger partial charge on any atom is -0.267 e. The van der Waals surface area contributed by atoms with Gasteiger partial charge in [-0.05, 0) is 32.0 Å². The summed E-state index contributed by atoms with van der Waals surface area (Å²) in [5.41, 5.74) is -0.248. The van der Waals surface area contributed by atoms with Crippen molar-refractivity contribution in [3.05, 3.63) is 40.6 Å². The van der Waals surface area contributed by atoms with Gasteiger partial charge in [0.15, 0.2) is 0 Å². The lowest BCUT2D eigenvalue weighted by Crippen LogP contribution is -2.24. The molecule has 0 aliphatic rings. The van der Waals surface area contributed by atoms with Crippen molar-refractivity contribution in [1.29, 1.82) is 0 Å². The molecule has 2 aromatic rings. The average Bonchev–Trinajstić information content (AvgIpc) is 2.19. The van der Waals surface area contributed by atoms with Crippen LogP contribution < -0.4 is 5.56 Å². The van der Waals surface area contributed by atoms with Gasteiger partial charge in [-0.25, -0.2) is 9.07 Å². The molecule has 0 fully saturated rings. The van der Waals surface area contributed by atoms with Gasteiger partial charge in [-0.2, -0.15) is 5.10 Å². The Morgan fingerprint density at radius 3 is 2.80 bits per heavy atom. The first-order valence-corrected chi connectivity index (χ1v) is 4.76.